The van der Waals surface area contributed by atoms with Gasteiger partial charge in [-0.3, -0.25) is 14.6 Å². The van der Waals surface area contributed by atoms with Crippen molar-refractivity contribution in [1.82, 2.24) is 15.6 Å². The van der Waals surface area contributed by atoms with Crippen LogP contribution in [0, 0.1) is 0 Å². The molecule has 0 saturated carbocycles. The molecular formula is C18H20ClN3O2. The number of aromatic nitrogens is 1. The van der Waals surface area contributed by atoms with Gasteiger partial charge in [-0.1, -0.05) is 30.7 Å². The lowest BCUT2D eigenvalue weighted by Gasteiger charge is -2.07. The number of rotatable bonds is 7. The van der Waals surface area contributed by atoms with Crippen LogP contribution in [0.5, 0.6) is 0 Å². The Balaban J connectivity index is 1.91. The largest absolute Gasteiger partial charge is 0.352 e. The van der Waals surface area contributed by atoms with Crippen LogP contribution in [-0.4, -0.2) is 29.9 Å². The molecular weight excluding hydrogens is 326 g/mol. The number of carbonyl (C=O) groups excluding carboxylic acids is 2. The molecule has 2 aromatic rings. The molecule has 0 bridgehead atoms. The van der Waals surface area contributed by atoms with Gasteiger partial charge in [0.25, 0.3) is 11.8 Å². The average molecular weight is 346 g/mol. The molecule has 0 spiro atoms. The molecule has 126 valence electrons. The van der Waals surface area contributed by atoms with Crippen molar-refractivity contribution < 1.29 is 9.59 Å². The van der Waals surface area contributed by atoms with Crippen LogP contribution in [-0.2, 0) is 6.42 Å². The van der Waals surface area contributed by atoms with E-state index < -0.39 is 0 Å². The molecule has 1 aromatic carbocycles. The van der Waals surface area contributed by atoms with Crippen LogP contribution in [0.15, 0.2) is 42.6 Å². The third kappa shape index (κ3) is 5.35. The zero-order chi connectivity index (χ0) is 17.4. The van der Waals surface area contributed by atoms with Gasteiger partial charge in [0.1, 0.15) is 5.69 Å². The number of carbonyl (C=O) groups is 2. The third-order valence-corrected chi connectivity index (χ3v) is 3.61. The highest BCUT2D eigenvalue weighted by atomic mass is 35.5. The first-order valence-electron chi connectivity index (χ1n) is 7.87. The molecule has 2 rings (SSSR count). The van der Waals surface area contributed by atoms with E-state index in [-0.39, 0.29) is 17.5 Å². The van der Waals surface area contributed by atoms with Gasteiger partial charge in [0, 0.05) is 29.9 Å². The van der Waals surface area contributed by atoms with Crippen LogP contribution in [0.4, 0.5) is 0 Å². The fourth-order valence-electron chi connectivity index (χ4n) is 2.14. The summed E-state index contributed by atoms with van der Waals surface area (Å²) in [5.41, 5.74) is 1.71. The summed E-state index contributed by atoms with van der Waals surface area (Å²) in [6, 6.07) is 10.6. The summed E-state index contributed by atoms with van der Waals surface area (Å²) in [6.45, 7) is 3.03. The molecule has 6 heteroatoms. The van der Waals surface area contributed by atoms with E-state index in [4.69, 9.17) is 11.6 Å². The molecule has 0 atom stereocenters. The summed E-state index contributed by atoms with van der Waals surface area (Å²) in [4.78, 5) is 28.1. The second-order valence-electron chi connectivity index (χ2n) is 5.32. The molecule has 2 amide bonds. The van der Waals surface area contributed by atoms with Crippen molar-refractivity contribution in [3.8, 4) is 0 Å². The maximum absolute atomic E-state index is 12.2. The van der Waals surface area contributed by atoms with E-state index in [0.29, 0.717) is 30.1 Å². The van der Waals surface area contributed by atoms with E-state index in [1.54, 1.807) is 6.07 Å². The van der Waals surface area contributed by atoms with E-state index in [2.05, 4.69) is 15.6 Å². The van der Waals surface area contributed by atoms with E-state index in [1.807, 2.05) is 31.2 Å². The molecule has 1 aromatic heterocycles. The highest BCUT2D eigenvalue weighted by Crippen LogP contribution is 2.10. The minimum atomic E-state index is -0.273. The van der Waals surface area contributed by atoms with Gasteiger partial charge in [0.2, 0.25) is 0 Å². The van der Waals surface area contributed by atoms with E-state index in [9.17, 15) is 9.59 Å². The molecule has 0 fully saturated rings. The Bertz CT molecular complexity index is 719. The van der Waals surface area contributed by atoms with Crippen molar-refractivity contribution in [2.45, 2.75) is 19.8 Å². The van der Waals surface area contributed by atoms with E-state index >= 15 is 0 Å². The van der Waals surface area contributed by atoms with Gasteiger partial charge in [-0.25, -0.2) is 0 Å². The fourth-order valence-corrected chi connectivity index (χ4v) is 2.35. The van der Waals surface area contributed by atoms with Crippen molar-refractivity contribution >= 4 is 23.4 Å². The normalized spacial score (nSPS) is 10.2. The summed E-state index contributed by atoms with van der Waals surface area (Å²) in [7, 11) is 0. The van der Waals surface area contributed by atoms with Crippen LogP contribution in [0.1, 0.15) is 39.8 Å². The van der Waals surface area contributed by atoms with Crippen molar-refractivity contribution in [2.75, 3.05) is 13.1 Å². The van der Waals surface area contributed by atoms with Crippen molar-refractivity contribution in [1.29, 1.82) is 0 Å². The smallest absolute Gasteiger partial charge is 0.269 e. The highest BCUT2D eigenvalue weighted by molar-refractivity contribution is 6.30. The third-order valence-electron chi connectivity index (χ3n) is 3.38. The Labute approximate surface area is 146 Å². The monoisotopic (exact) mass is 345 g/mol. The Hall–Kier alpha value is -2.40. The minimum Gasteiger partial charge on any atom is -0.352 e. The summed E-state index contributed by atoms with van der Waals surface area (Å²) in [6.07, 6.45) is 2.99. The number of pyridine rings is 1. The quantitative estimate of drug-likeness (QED) is 0.810. The number of hydrogen-bond donors (Lipinski definition) is 2. The second-order valence-corrected chi connectivity index (χ2v) is 5.76. The Kier molecular flexibility index (Phi) is 6.75. The number of hydrogen-bond acceptors (Lipinski definition) is 3. The molecule has 0 aliphatic carbocycles. The lowest BCUT2D eigenvalue weighted by atomic mass is 10.1. The van der Waals surface area contributed by atoms with Crippen LogP contribution in [0.2, 0.25) is 5.02 Å². The summed E-state index contributed by atoms with van der Waals surface area (Å²) >= 11 is 5.93. The summed E-state index contributed by atoms with van der Waals surface area (Å²) in [5, 5.41) is 6.25. The number of nitrogens with zero attached hydrogens (tertiary/aromatic N) is 1. The minimum absolute atomic E-state index is 0.232. The zero-order valence-electron chi connectivity index (χ0n) is 13.5. The van der Waals surface area contributed by atoms with Gasteiger partial charge in [-0.2, -0.15) is 0 Å². The fraction of sp³-hybridized carbons (Fsp3) is 0.278. The molecule has 0 unspecified atom stereocenters. The van der Waals surface area contributed by atoms with Gasteiger partial charge in [-0.15, -0.1) is 0 Å². The van der Waals surface area contributed by atoms with Gasteiger partial charge in [0.05, 0.1) is 0 Å². The molecule has 5 nitrogen and oxygen atoms in total. The first-order chi connectivity index (χ1) is 11.6. The summed E-state index contributed by atoms with van der Waals surface area (Å²) in [5.74, 6) is -0.505. The number of amides is 2. The van der Waals surface area contributed by atoms with Gasteiger partial charge < -0.3 is 10.6 Å². The predicted octanol–water partition coefficient (Wildman–Crippen LogP) is 2.85. The number of halogens is 1. The first-order valence-corrected chi connectivity index (χ1v) is 8.25. The average Bonchev–Trinajstić information content (AvgIpc) is 2.59. The zero-order valence-corrected chi connectivity index (χ0v) is 14.3. The van der Waals surface area contributed by atoms with Crippen LogP contribution in [0.3, 0.4) is 0 Å². The molecule has 0 aliphatic heterocycles. The van der Waals surface area contributed by atoms with Gasteiger partial charge in [0.15, 0.2) is 0 Å². The highest BCUT2D eigenvalue weighted by Gasteiger charge is 2.11. The van der Waals surface area contributed by atoms with E-state index in [0.717, 1.165) is 12.0 Å². The van der Waals surface area contributed by atoms with Crippen LogP contribution >= 0.6 is 11.6 Å². The van der Waals surface area contributed by atoms with Crippen LogP contribution in [0.25, 0.3) is 0 Å². The van der Waals surface area contributed by atoms with Gasteiger partial charge in [-0.05, 0) is 42.7 Å². The molecule has 2 N–H and O–H groups in total. The maximum Gasteiger partial charge on any atom is 0.269 e. The molecule has 0 aliphatic rings. The maximum atomic E-state index is 12.2. The molecule has 1 heterocycles. The van der Waals surface area contributed by atoms with E-state index in [1.165, 1.54) is 12.3 Å². The van der Waals surface area contributed by atoms with Crippen molar-refractivity contribution in [3.05, 3.63) is 64.4 Å². The van der Waals surface area contributed by atoms with Crippen LogP contribution < -0.4 is 10.6 Å². The Morgan fingerprint density at radius 1 is 1.08 bits per heavy atom. The van der Waals surface area contributed by atoms with Crippen molar-refractivity contribution in [2.24, 2.45) is 0 Å². The molecule has 24 heavy (non-hydrogen) atoms. The summed E-state index contributed by atoms with van der Waals surface area (Å²) < 4.78 is 0. The molecule has 0 radical (unpaired) electrons. The second kappa shape index (κ2) is 9.03. The standard InChI is InChI=1S/C18H20ClN3O2/c1-2-8-21-18(24)16-12-14(7-10-20-16)17(23)22-9-6-13-4-3-5-15(19)11-13/h3-5,7,10-12H,2,6,8-9H2,1H3,(H,21,24)(H,22,23). The first kappa shape index (κ1) is 17.9. The SMILES string of the molecule is CCCNC(=O)c1cc(C(=O)NCCc2cccc(Cl)c2)ccn1. The van der Waals surface area contributed by atoms with Gasteiger partial charge >= 0.3 is 0 Å². The lowest BCUT2D eigenvalue weighted by molar-refractivity contribution is 0.0948. The van der Waals surface area contributed by atoms with Crippen molar-refractivity contribution in [3.63, 3.8) is 0 Å². The lowest BCUT2D eigenvalue weighted by Crippen LogP contribution is -2.28. The number of benzene rings is 1. The number of nitrogens with one attached hydrogen (secondary N) is 2. The Morgan fingerprint density at radius 3 is 2.62 bits per heavy atom. The molecule has 0 saturated heterocycles. The predicted molar refractivity (Wildman–Crippen MR) is 94.4 cm³/mol. The Morgan fingerprint density at radius 2 is 1.88 bits per heavy atom. The topological polar surface area (TPSA) is 71.1 Å².